The van der Waals surface area contributed by atoms with Crippen molar-refractivity contribution in [2.24, 2.45) is 5.73 Å². The quantitative estimate of drug-likeness (QED) is 0.776. The van der Waals surface area contributed by atoms with Crippen LogP contribution in [0.4, 0.5) is 17.6 Å². The van der Waals surface area contributed by atoms with Crippen LogP contribution in [0.5, 0.6) is 0 Å². The van der Waals surface area contributed by atoms with Crippen molar-refractivity contribution in [2.75, 3.05) is 19.6 Å². The monoisotopic (exact) mass is 306 g/mol. The molecule has 0 radical (unpaired) electrons. The number of hydrogen-bond acceptors (Lipinski definition) is 2. The molecule has 1 aromatic rings. The van der Waals surface area contributed by atoms with Crippen LogP contribution in [-0.2, 0) is 0 Å². The lowest BCUT2D eigenvalue weighted by Gasteiger charge is -2.24. The van der Waals surface area contributed by atoms with Crippen LogP contribution in [0.1, 0.15) is 36.9 Å². The van der Waals surface area contributed by atoms with E-state index in [0.29, 0.717) is 30.5 Å². The number of rotatable bonds is 7. The maximum Gasteiger partial charge on any atom is 0.401 e. The maximum atomic E-state index is 13.5. The van der Waals surface area contributed by atoms with Gasteiger partial charge in [0.15, 0.2) is 0 Å². The van der Waals surface area contributed by atoms with Gasteiger partial charge in [-0.2, -0.15) is 13.2 Å². The highest BCUT2D eigenvalue weighted by atomic mass is 19.4. The predicted molar refractivity (Wildman–Crippen MR) is 75.5 cm³/mol. The van der Waals surface area contributed by atoms with Gasteiger partial charge < -0.3 is 5.73 Å². The zero-order chi connectivity index (χ0) is 16.0. The number of hydrogen-bond donors (Lipinski definition) is 1. The Bertz CT molecular complexity index is 446. The molecular weight excluding hydrogens is 284 g/mol. The second kappa shape index (κ2) is 7.75. The summed E-state index contributed by atoms with van der Waals surface area (Å²) in [5.74, 6) is -0.344. The van der Waals surface area contributed by atoms with Crippen molar-refractivity contribution in [3.8, 4) is 0 Å². The second-order valence-corrected chi connectivity index (χ2v) is 5.30. The minimum Gasteiger partial charge on any atom is -0.324 e. The summed E-state index contributed by atoms with van der Waals surface area (Å²) in [5.41, 5.74) is 7.08. The Morgan fingerprint density at radius 1 is 1.24 bits per heavy atom. The Morgan fingerprint density at radius 2 is 1.90 bits per heavy atom. The number of benzene rings is 1. The van der Waals surface area contributed by atoms with Gasteiger partial charge in [-0.15, -0.1) is 0 Å². The Morgan fingerprint density at radius 3 is 2.43 bits per heavy atom. The summed E-state index contributed by atoms with van der Waals surface area (Å²) in [6.07, 6.45) is -3.21. The first-order valence-corrected chi connectivity index (χ1v) is 7.03. The number of nitrogens with two attached hydrogens (primary N) is 1. The lowest BCUT2D eigenvalue weighted by Crippen LogP contribution is -2.36. The Hall–Kier alpha value is -1.14. The molecule has 0 bridgehead atoms. The second-order valence-electron chi connectivity index (χ2n) is 5.30. The van der Waals surface area contributed by atoms with Crippen molar-refractivity contribution >= 4 is 0 Å². The van der Waals surface area contributed by atoms with Crippen molar-refractivity contribution in [1.29, 1.82) is 0 Å². The fourth-order valence-electron chi connectivity index (χ4n) is 2.17. The van der Waals surface area contributed by atoms with E-state index in [0.717, 1.165) is 0 Å². The van der Waals surface area contributed by atoms with E-state index in [4.69, 9.17) is 5.73 Å². The highest BCUT2D eigenvalue weighted by Crippen LogP contribution is 2.20. The fourth-order valence-corrected chi connectivity index (χ4v) is 2.17. The van der Waals surface area contributed by atoms with Crippen molar-refractivity contribution in [3.05, 3.63) is 35.1 Å². The van der Waals surface area contributed by atoms with Crippen LogP contribution in [0.15, 0.2) is 18.2 Å². The minimum absolute atomic E-state index is 0.240. The summed E-state index contributed by atoms with van der Waals surface area (Å²) in [6, 6.07) is 4.24. The summed E-state index contributed by atoms with van der Waals surface area (Å²) in [7, 11) is 0. The number of aryl methyl sites for hydroxylation is 1. The molecule has 0 aromatic heterocycles. The molecule has 1 rings (SSSR count). The van der Waals surface area contributed by atoms with E-state index in [9.17, 15) is 17.6 Å². The van der Waals surface area contributed by atoms with Crippen molar-refractivity contribution < 1.29 is 17.6 Å². The lowest BCUT2D eigenvalue weighted by molar-refractivity contribution is -0.146. The topological polar surface area (TPSA) is 29.3 Å². The summed E-state index contributed by atoms with van der Waals surface area (Å²) in [4.78, 5) is 1.34. The van der Waals surface area contributed by atoms with Crippen molar-refractivity contribution in [3.63, 3.8) is 0 Å². The van der Waals surface area contributed by atoms with Gasteiger partial charge in [0.1, 0.15) is 5.82 Å². The lowest BCUT2D eigenvalue weighted by atomic mass is 10.0. The van der Waals surface area contributed by atoms with Gasteiger partial charge in [-0.25, -0.2) is 4.39 Å². The number of halogens is 4. The van der Waals surface area contributed by atoms with Crippen LogP contribution >= 0.6 is 0 Å². The molecule has 0 heterocycles. The van der Waals surface area contributed by atoms with Gasteiger partial charge in [-0.1, -0.05) is 19.1 Å². The third-order valence-corrected chi connectivity index (χ3v) is 3.32. The maximum absolute atomic E-state index is 13.5. The molecule has 21 heavy (non-hydrogen) atoms. The molecular formula is C15H22F4N2. The molecule has 0 saturated heterocycles. The minimum atomic E-state index is -4.21. The smallest absolute Gasteiger partial charge is 0.324 e. The molecule has 0 aliphatic rings. The van der Waals surface area contributed by atoms with E-state index in [1.54, 1.807) is 19.1 Å². The fraction of sp³-hybridized carbons (Fsp3) is 0.600. The van der Waals surface area contributed by atoms with Gasteiger partial charge >= 0.3 is 6.18 Å². The number of nitrogens with zero attached hydrogens (tertiary/aromatic N) is 1. The summed E-state index contributed by atoms with van der Waals surface area (Å²) in [6.45, 7) is 3.16. The van der Waals surface area contributed by atoms with Crippen LogP contribution in [0.2, 0.25) is 0 Å². The van der Waals surface area contributed by atoms with E-state index in [-0.39, 0.29) is 12.4 Å². The van der Waals surface area contributed by atoms with Crippen LogP contribution in [0, 0.1) is 12.7 Å². The first-order chi connectivity index (χ1) is 9.73. The van der Waals surface area contributed by atoms with Gasteiger partial charge in [0, 0.05) is 12.6 Å². The zero-order valence-corrected chi connectivity index (χ0v) is 12.4. The van der Waals surface area contributed by atoms with E-state index in [1.165, 1.54) is 11.0 Å². The van der Waals surface area contributed by atoms with E-state index in [1.807, 2.05) is 6.92 Å². The van der Waals surface area contributed by atoms with Gasteiger partial charge in [0.2, 0.25) is 0 Å². The Balaban J connectivity index is 2.59. The average Bonchev–Trinajstić information content (AvgIpc) is 2.37. The van der Waals surface area contributed by atoms with Crippen LogP contribution in [0.3, 0.4) is 0 Å². The molecule has 0 fully saturated rings. The van der Waals surface area contributed by atoms with Crippen LogP contribution in [-0.4, -0.2) is 30.7 Å². The average molecular weight is 306 g/mol. The Kier molecular flexibility index (Phi) is 6.61. The molecule has 0 aliphatic carbocycles. The molecule has 2 N–H and O–H groups in total. The molecule has 0 saturated carbocycles. The van der Waals surface area contributed by atoms with Gasteiger partial charge in [-0.05, 0) is 43.5 Å². The highest BCUT2D eigenvalue weighted by Gasteiger charge is 2.30. The summed E-state index contributed by atoms with van der Waals surface area (Å²) < 4.78 is 50.8. The van der Waals surface area contributed by atoms with Gasteiger partial charge in [0.05, 0.1) is 6.54 Å². The molecule has 0 amide bonds. The predicted octanol–water partition coefficient (Wildman–Crippen LogP) is 3.80. The molecule has 1 atom stereocenters. The van der Waals surface area contributed by atoms with Crippen LogP contribution < -0.4 is 5.73 Å². The van der Waals surface area contributed by atoms with Crippen molar-refractivity contribution in [2.45, 2.75) is 38.9 Å². The molecule has 2 nitrogen and oxygen atoms in total. The standard InChI is InChI=1S/C15H22F4N2/c1-3-7-21(10-15(17,18)19)8-6-14(20)12-5-4-11(2)13(16)9-12/h4-5,9,14H,3,6-8,10,20H2,1-2H3. The highest BCUT2D eigenvalue weighted by molar-refractivity contribution is 5.25. The van der Waals surface area contributed by atoms with Gasteiger partial charge in [-0.3, -0.25) is 4.90 Å². The summed E-state index contributed by atoms with van der Waals surface area (Å²) in [5, 5.41) is 0. The van der Waals surface area contributed by atoms with E-state index in [2.05, 4.69) is 0 Å². The third-order valence-electron chi connectivity index (χ3n) is 3.32. The molecule has 1 unspecified atom stereocenters. The molecule has 0 spiro atoms. The van der Waals surface area contributed by atoms with Crippen molar-refractivity contribution in [1.82, 2.24) is 4.90 Å². The normalized spacial score (nSPS) is 13.7. The molecule has 1 aromatic carbocycles. The first-order valence-electron chi connectivity index (χ1n) is 7.03. The first kappa shape index (κ1) is 17.9. The zero-order valence-electron chi connectivity index (χ0n) is 12.4. The third kappa shape index (κ3) is 6.44. The molecule has 120 valence electrons. The van der Waals surface area contributed by atoms with Gasteiger partial charge in [0.25, 0.3) is 0 Å². The van der Waals surface area contributed by atoms with Crippen LogP contribution in [0.25, 0.3) is 0 Å². The summed E-state index contributed by atoms with van der Waals surface area (Å²) >= 11 is 0. The number of alkyl halides is 3. The molecule has 0 aliphatic heterocycles. The Labute approximate surface area is 122 Å². The molecule has 6 heteroatoms. The van der Waals surface area contributed by atoms with E-state index >= 15 is 0 Å². The van der Waals surface area contributed by atoms with E-state index < -0.39 is 18.8 Å². The largest absolute Gasteiger partial charge is 0.401 e. The SMILES string of the molecule is CCCN(CCC(N)c1ccc(C)c(F)c1)CC(F)(F)F.